The number of hydrogen-bond donors (Lipinski definition) is 0. The summed E-state index contributed by atoms with van der Waals surface area (Å²) in [5.41, 5.74) is 0.747. The lowest BCUT2D eigenvalue weighted by Gasteiger charge is -2.12. The Labute approximate surface area is 85.7 Å². The lowest BCUT2D eigenvalue weighted by Crippen LogP contribution is -2.24. The Hall–Kier alpha value is -0.580. The average molecular weight is 275 g/mol. The van der Waals surface area contributed by atoms with Crippen molar-refractivity contribution >= 4 is 28.5 Å². The highest BCUT2D eigenvalue weighted by atomic mass is 127. The zero-order valence-corrected chi connectivity index (χ0v) is 8.98. The second-order valence-corrected chi connectivity index (χ2v) is 3.17. The molecule has 0 unspecified atom stereocenters. The average Bonchev–Trinajstić information content (AvgIpc) is 2.17. The molecule has 0 atom stereocenters. The Kier molecular flexibility index (Phi) is 3.52. The van der Waals surface area contributed by atoms with Gasteiger partial charge < -0.3 is 4.90 Å². The van der Waals surface area contributed by atoms with Gasteiger partial charge in [-0.05, 0) is 12.1 Å². The third-order valence-corrected chi connectivity index (χ3v) is 2.57. The number of benzene rings is 1. The third kappa shape index (κ3) is 2.20. The number of nitrogens with zero attached hydrogens (tertiary/aromatic N) is 1. The molecule has 64 valence electrons. The van der Waals surface area contributed by atoms with E-state index in [0.717, 1.165) is 5.56 Å². The van der Waals surface area contributed by atoms with E-state index < -0.39 is 0 Å². The fourth-order valence-corrected chi connectivity index (χ4v) is 1.17. The Morgan fingerprint density at radius 1 is 1.42 bits per heavy atom. The molecule has 1 aromatic rings. The first-order valence-electron chi connectivity index (χ1n) is 3.62. The van der Waals surface area contributed by atoms with Crippen molar-refractivity contribution in [2.75, 3.05) is 11.6 Å². The van der Waals surface area contributed by atoms with Crippen LogP contribution in [0.25, 0.3) is 0 Å². The Balaban J connectivity index is 2.79. The lowest BCUT2D eigenvalue weighted by atomic mass is 10.2. The van der Waals surface area contributed by atoms with Crippen LogP contribution in [0.1, 0.15) is 10.4 Å². The standard InChI is InChI=1S/C9H10INO/c1-11(7-10)9(12)8-5-3-2-4-6-8/h2-6H,7H2,1H3. The molecule has 1 amide bonds. The molecule has 0 heterocycles. The van der Waals surface area contributed by atoms with Crippen molar-refractivity contribution in [2.45, 2.75) is 0 Å². The molecule has 0 aromatic heterocycles. The van der Waals surface area contributed by atoms with Gasteiger partial charge in [-0.3, -0.25) is 4.79 Å². The highest BCUT2D eigenvalue weighted by Gasteiger charge is 2.08. The van der Waals surface area contributed by atoms with Crippen LogP contribution in [-0.2, 0) is 0 Å². The van der Waals surface area contributed by atoms with Crippen LogP contribution in [0.2, 0.25) is 0 Å². The van der Waals surface area contributed by atoms with Gasteiger partial charge in [0.1, 0.15) is 0 Å². The molecule has 1 aromatic carbocycles. The summed E-state index contributed by atoms with van der Waals surface area (Å²) in [5, 5.41) is 0. The van der Waals surface area contributed by atoms with Gasteiger partial charge in [0.25, 0.3) is 5.91 Å². The Bertz CT molecular complexity index is 260. The van der Waals surface area contributed by atoms with Crippen molar-refractivity contribution in [2.24, 2.45) is 0 Å². The SMILES string of the molecule is CN(CI)C(=O)c1ccccc1. The van der Waals surface area contributed by atoms with E-state index in [2.05, 4.69) is 22.6 Å². The van der Waals surface area contributed by atoms with Gasteiger partial charge in [-0.1, -0.05) is 40.8 Å². The van der Waals surface area contributed by atoms with Gasteiger partial charge in [-0.15, -0.1) is 0 Å². The highest BCUT2D eigenvalue weighted by molar-refractivity contribution is 14.1. The molecule has 0 aliphatic heterocycles. The molecule has 0 radical (unpaired) electrons. The quantitative estimate of drug-likeness (QED) is 0.460. The molecule has 0 bridgehead atoms. The topological polar surface area (TPSA) is 20.3 Å². The van der Waals surface area contributed by atoms with Crippen LogP contribution in [0.5, 0.6) is 0 Å². The van der Waals surface area contributed by atoms with Crippen LogP contribution in [-0.4, -0.2) is 22.4 Å². The van der Waals surface area contributed by atoms with Gasteiger partial charge in [0.15, 0.2) is 0 Å². The van der Waals surface area contributed by atoms with Gasteiger partial charge >= 0.3 is 0 Å². The van der Waals surface area contributed by atoms with Crippen molar-refractivity contribution < 1.29 is 4.79 Å². The molecule has 0 spiro atoms. The summed E-state index contributed by atoms with van der Waals surface area (Å²) in [4.78, 5) is 13.2. The van der Waals surface area contributed by atoms with E-state index >= 15 is 0 Å². The molecular weight excluding hydrogens is 265 g/mol. The molecule has 0 aliphatic carbocycles. The van der Waals surface area contributed by atoms with Crippen LogP contribution >= 0.6 is 22.6 Å². The van der Waals surface area contributed by atoms with E-state index in [4.69, 9.17) is 0 Å². The van der Waals surface area contributed by atoms with Crippen LogP contribution < -0.4 is 0 Å². The molecule has 0 saturated carbocycles. The molecule has 0 saturated heterocycles. The minimum atomic E-state index is 0.0741. The maximum absolute atomic E-state index is 11.5. The minimum Gasteiger partial charge on any atom is -0.333 e. The second kappa shape index (κ2) is 4.45. The summed E-state index contributed by atoms with van der Waals surface area (Å²) in [6.07, 6.45) is 0. The second-order valence-electron chi connectivity index (χ2n) is 2.49. The molecule has 0 aliphatic rings. The van der Waals surface area contributed by atoms with Crippen molar-refractivity contribution in [1.82, 2.24) is 4.90 Å². The first-order chi connectivity index (χ1) is 5.75. The molecular formula is C9H10INO. The number of carbonyl (C=O) groups excluding carboxylic acids is 1. The maximum atomic E-state index is 11.5. The normalized spacial score (nSPS) is 9.50. The number of carbonyl (C=O) groups is 1. The monoisotopic (exact) mass is 275 g/mol. The summed E-state index contributed by atoms with van der Waals surface area (Å²) in [7, 11) is 1.79. The molecule has 1 rings (SSSR count). The third-order valence-electron chi connectivity index (χ3n) is 1.55. The molecule has 2 nitrogen and oxygen atoms in total. The van der Waals surface area contributed by atoms with Gasteiger partial charge in [0.2, 0.25) is 0 Å². The van der Waals surface area contributed by atoms with Gasteiger partial charge in [-0.25, -0.2) is 0 Å². The van der Waals surface area contributed by atoms with E-state index in [0.29, 0.717) is 4.55 Å². The fourth-order valence-electron chi connectivity index (χ4n) is 0.855. The summed E-state index contributed by atoms with van der Waals surface area (Å²) < 4.78 is 0.714. The summed E-state index contributed by atoms with van der Waals surface area (Å²) in [6, 6.07) is 9.29. The van der Waals surface area contributed by atoms with Crippen molar-refractivity contribution in [3.8, 4) is 0 Å². The van der Waals surface area contributed by atoms with Gasteiger partial charge in [-0.2, -0.15) is 0 Å². The lowest BCUT2D eigenvalue weighted by molar-refractivity contribution is 0.0824. The minimum absolute atomic E-state index is 0.0741. The van der Waals surface area contributed by atoms with Crippen molar-refractivity contribution in [3.63, 3.8) is 0 Å². The highest BCUT2D eigenvalue weighted by Crippen LogP contribution is 2.03. The van der Waals surface area contributed by atoms with Crippen LogP contribution in [0.4, 0.5) is 0 Å². The van der Waals surface area contributed by atoms with Gasteiger partial charge in [0.05, 0.1) is 4.55 Å². The number of amides is 1. The van der Waals surface area contributed by atoms with Crippen LogP contribution in [0.15, 0.2) is 30.3 Å². The maximum Gasteiger partial charge on any atom is 0.254 e. The number of alkyl halides is 1. The first-order valence-corrected chi connectivity index (χ1v) is 5.14. The van der Waals surface area contributed by atoms with E-state index in [9.17, 15) is 4.79 Å². The molecule has 12 heavy (non-hydrogen) atoms. The summed E-state index contributed by atoms with van der Waals surface area (Å²) in [6.45, 7) is 0. The predicted octanol–water partition coefficient (Wildman–Crippen LogP) is 2.15. The largest absolute Gasteiger partial charge is 0.333 e. The van der Waals surface area contributed by atoms with E-state index in [1.165, 1.54) is 0 Å². The van der Waals surface area contributed by atoms with Crippen molar-refractivity contribution in [3.05, 3.63) is 35.9 Å². The first kappa shape index (κ1) is 9.51. The number of hydrogen-bond acceptors (Lipinski definition) is 1. The van der Waals surface area contributed by atoms with E-state index in [-0.39, 0.29) is 5.91 Å². The fraction of sp³-hybridized carbons (Fsp3) is 0.222. The van der Waals surface area contributed by atoms with E-state index in [1.807, 2.05) is 30.3 Å². The van der Waals surface area contributed by atoms with Crippen LogP contribution in [0, 0.1) is 0 Å². The molecule has 0 N–H and O–H groups in total. The zero-order chi connectivity index (χ0) is 8.97. The smallest absolute Gasteiger partial charge is 0.254 e. The predicted molar refractivity (Wildman–Crippen MR) is 57.4 cm³/mol. The summed E-state index contributed by atoms with van der Waals surface area (Å²) >= 11 is 2.16. The summed E-state index contributed by atoms with van der Waals surface area (Å²) in [5.74, 6) is 0.0741. The number of rotatable bonds is 2. The zero-order valence-electron chi connectivity index (χ0n) is 6.83. The Morgan fingerprint density at radius 2 is 2.00 bits per heavy atom. The molecule has 3 heteroatoms. The van der Waals surface area contributed by atoms with E-state index in [1.54, 1.807) is 11.9 Å². The van der Waals surface area contributed by atoms with Crippen LogP contribution in [0.3, 0.4) is 0 Å². The van der Waals surface area contributed by atoms with Gasteiger partial charge in [0, 0.05) is 12.6 Å². The Morgan fingerprint density at radius 3 is 2.50 bits per heavy atom. The molecule has 0 fully saturated rings. The van der Waals surface area contributed by atoms with Crippen molar-refractivity contribution in [1.29, 1.82) is 0 Å². The number of halogens is 1.